The maximum Gasteiger partial charge on any atom is 0.335 e. The average molecular weight is 339 g/mol. The van der Waals surface area contributed by atoms with Crippen molar-refractivity contribution in [1.29, 1.82) is 0 Å². The highest BCUT2D eigenvalue weighted by Crippen LogP contribution is 2.33. The van der Waals surface area contributed by atoms with Gasteiger partial charge in [0.15, 0.2) is 0 Å². The third kappa shape index (κ3) is 4.68. The summed E-state index contributed by atoms with van der Waals surface area (Å²) in [6.45, 7) is 4.54. The van der Waals surface area contributed by atoms with Gasteiger partial charge in [-0.3, -0.25) is 0 Å². The fourth-order valence-corrected chi connectivity index (χ4v) is 3.34. The Morgan fingerprint density at radius 1 is 1.16 bits per heavy atom. The first-order valence-electron chi connectivity index (χ1n) is 8.84. The predicted molar refractivity (Wildman–Crippen MR) is 97.7 cm³/mol. The summed E-state index contributed by atoms with van der Waals surface area (Å²) in [7, 11) is 0. The van der Waals surface area contributed by atoms with Crippen molar-refractivity contribution in [1.82, 2.24) is 5.32 Å². The second kappa shape index (κ2) is 8.28. The maximum absolute atomic E-state index is 10.9. The quantitative estimate of drug-likeness (QED) is 0.837. The standard InChI is InChI=1S/C21H25NO3/c1-15-4-8-17(9-5-15)20-19(3-2-12-25-20)14-22-13-16-6-10-18(11-7-16)21(23)24/h4-11,19-20,22H,2-3,12-14H2,1H3,(H,23,24). The van der Waals surface area contributed by atoms with Crippen LogP contribution in [0.4, 0.5) is 0 Å². The summed E-state index contributed by atoms with van der Waals surface area (Å²) >= 11 is 0. The van der Waals surface area contributed by atoms with Crippen LogP contribution in [0.3, 0.4) is 0 Å². The molecule has 0 aliphatic carbocycles. The maximum atomic E-state index is 10.9. The van der Waals surface area contributed by atoms with E-state index >= 15 is 0 Å². The Hall–Kier alpha value is -2.17. The lowest BCUT2D eigenvalue weighted by atomic mass is 9.89. The summed E-state index contributed by atoms with van der Waals surface area (Å²) in [4.78, 5) is 10.9. The van der Waals surface area contributed by atoms with Gasteiger partial charge in [-0.25, -0.2) is 4.79 Å². The Kier molecular flexibility index (Phi) is 5.84. The Morgan fingerprint density at radius 3 is 2.56 bits per heavy atom. The number of ether oxygens (including phenoxy) is 1. The highest BCUT2D eigenvalue weighted by Gasteiger charge is 2.27. The van der Waals surface area contributed by atoms with Gasteiger partial charge >= 0.3 is 5.97 Å². The lowest BCUT2D eigenvalue weighted by Crippen LogP contribution is -2.31. The van der Waals surface area contributed by atoms with Gasteiger partial charge in [-0.05, 0) is 43.0 Å². The topological polar surface area (TPSA) is 58.6 Å². The number of benzene rings is 2. The summed E-state index contributed by atoms with van der Waals surface area (Å²) < 4.78 is 6.06. The minimum absolute atomic E-state index is 0.149. The summed E-state index contributed by atoms with van der Waals surface area (Å²) in [5.74, 6) is -0.436. The Morgan fingerprint density at radius 2 is 1.88 bits per heavy atom. The molecule has 4 heteroatoms. The zero-order valence-corrected chi connectivity index (χ0v) is 14.6. The smallest absolute Gasteiger partial charge is 0.335 e. The summed E-state index contributed by atoms with van der Waals surface area (Å²) in [6.07, 6.45) is 2.40. The van der Waals surface area contributed by atoms with Crippen LogP contribution in [-0.2, 0) is 11.3 Å². The van der Waals surface area contributed by atoms with Crippen LogP contribution in [0.15, 0.2) is 48.5 Å². The lowest BCUT2D eigenvalue weighted by molar-refractivity contribution is -0.0278. The van der Waals surface area contributed by atoms with Gasteiger partial charge in [0.1, 0.15) is 0 Å². The average Bonchev–Trinajstić information content (AvgIpc) is 2.63. The molecule has 4 nitrogen and oxygen atoms in total. The van der Waals surface area contributed by atoms with Crippen molar-refractivity contribution in [2.45, 2.75) is 32.4 Å². The first-order valence-corrected chi connectivity index (χ1v) is 8.84. The second-order valence-corrected chi connectivity index (χ2v) is 6.74. The Bertz CT molecular complexity index is 694. The van der Waals surface area contributed by atoms with Crippen LogP contribution in [0.5, 0.6) is 0 Å². The van der Waals surface area contributed by atoms with E-state index in [-0.39, 0.29) is 6.10 Å². The molecule has 2 aromatic carbocycles. The second-order valence-electron chi connectivity index (χ2n) is 6.74. The fraction of sp³-hybridized carbons (Fsp3) is 0.381. The van der Waals surface area contributed by atoms with E-state index in [1.54, 1.807) is 12.1 Å². The molecule has 2 aromatic rings. The van der Waals surface area contributed by atoms with Crippen molar-refractivity contribution in [3.05, 3.63) is 70.8 Å². The van der Waals surface area contributed by atoms with Crippen LogP contribution in [0.25, 0.3) is 0 Å². The minimum Gasteiger partial charge on any atom is -0.478 e. The SMILES string of the molecule is Cc1ccc(C2OCCCC2CNCc2ccc(C(=O)O)cc2)cc1. The fourth-order valence-electron chi connectivity index (χ4n) is 3.34. The number of carbonyl (C=O) groups is 1. The molecule has 1 aliphatic heterocycles. The molecule has 0 radical (unpaired) electrons. The number of aromatic carboxylic acids is 1. The highest BCUT2D eigenvalue weighted by molar-refractivity contribution is 5.87. The first-order chi connectivity index (χ1) is 12.1. The number of hydrogen-bond donors (Lipinski definition) is 2. The molecule has 0 aromatic heterocycles. The van der Waals surface area contributed by atoms with E-state index < -0.39 is 5.97 Å². The molecule has 0 spiro atoms. The summed E-state index contributed by atoms with van der Waals surface area (Å²) in [6, 6.07) is 15.7. The van der Waals surface area contributed by atoms with Gasteiger partial charge in [0.25, 0.3) is 0 Å². The largest absolute Gasteiger partial charge is 0.478 e. The van der Waals surface area contributed by atoms with Gasteiger partial charge in [0.2, 0.25) is 0 Å². The molecular weight excluding hydrogens is 314 g/mol. The van der Waals surface area contributed by atoms with E-state index in [0.29, 0.717) is 11.5 Å². The molecule has 2 N–H and O–H groups in total. The van der Waals surface area contributed by atoms with E-state index in [2.05, 4.69) is 36.5 Å². The van der Waals surface area contributed by atoms with Crippen molar-refractivity contribution in [2.24, 2.45) is 5.92 Å². The van der Waals surface area contributed by atoms with Gasteiger partial charge < -0.3 is 15.2 Å². The van der Waals surface area contributed by atoms with Gasteiger partial charge in [0, 0.05) is 25.6 Å². The van der Waals surface area contributed by atoms with Crippen LogP contribution < -0.4 is 5.32 Å². The number of aryl methyl sites for hydroxylation is 1. The molecule has 1 saturated heterocycles. The minimum atomic E-state index is -0.889. The molecule has 0 bridgehead atoms. The van der Waals surface area contributed by atoms with E-state index in [1.165, 1.54) is 11.1 Å². The van der Waals surface area contributed by atoms with Crippen LogP contribution >= 0.6 is 0 Å². The number of carboxylic acid groups (broad SMARTS) is 1. The molecule has 1 fully saturated rings. The molecule has 0 saturated carbocycles. The molecule has 3 rings (SSSR count). The van der Waals surface area contributed by atoms with Crippen LogP contribution in [0.2, 0.25) is 0 Å². The van der Waals surface area contributed by atoms with Crippen LogP contribution in [-0.4, -0.2) is 24.2 Å². The lowest BCUT2D eigenvalue weighted by Gasteiger charge is -2.32. The normalized spacial score (nSPS) is 20.4. The Labute approximate surface area is 148 Å². The van der Waals surface area contributed by atoms with Gasteiger partial charge in [-0.1, -0.05) is 42.0 Å². The summed E-state index contributed by atoms with van der Waals surface area (Å²) in [5, 5.41) is 12.5. The van der Waals surface area contributed by atoms with Crippen molar-refractivity contribution in [2.75, 3.05) is 13.2 Å². The zero-order chi connectivity index (χ0) is 17.6. The highest BCUT2D eigenvalue weighted by atomic mass is 16.5. The number of hydrogen-bond acceptors (Lipinski definition) is 3. The number of carboxylic acids is 1. The third-order valence-electron chi connectivity index (χ3n) is 4.79. The Balaban J connectivity index is 1.56. The molecule has 1 heterocycles. The molecule has 132 valence electrons. The van der Waals surface area contributed by atoms with Crippen molar-refractivity contribution in [3.63, 3.8) is 0 Å². The van der Waals surface area contributed by atoms with E-state index in [9.17, 15) is 4.79 Å². The van der Waals surface area contributed by atoms with Gasteiger partial charge in [-0.15, -0.1) is 0 Å². The van der Waals surface area contributed by atoms with E-state index in [0.717, 1.165) is 38.1 Å². The van der Waals surface area contributed by atoms with Crippen LogP contribution in [0.1, 0.15) is 46.0 Å². The molecule has 2 atom stereocenters. The molecule has 25 heavy (non-hydrogen) atoms. The van der Waals surface area contributed by atoms with Crippen molar-refractivity contribution >= 4 is 5.97 Å². The molecule has 1 aliphatic rings. The predicted octanol–water partition coefficient (Wildman–Crippen LogP) is 3.95. The first kappa shape index (κ1) is 17.6. The molecular formula is C21H25NO3. The van der Waals surface area contributed by atoms with Crippen molar-refractivity contribution < 1.29 is 14.6 Å². The van der Waals surface area contributed by atoms with E-state index in [4.69, 9.17) is 9.84 Å². The monoisotopic (exact) mass is 339 g/mol. The van der Waals surface area contributed by atoms with Gasteiger partial charge in [-0.2, -0.15) is 0 Å². The van der Waals surface area contributed by atoms with E-state index in [1.807, 2.05) is 12.1 Å². The van der Waals surface area contributed by atoms with Crippen LogP contribution in [0, 0.1) is 12.8 Å². The molecule has 0 amide bonds. The number of nitrogens with one attached hydrogen (secondary N) is 1. The van der Waals surface area contributed by atoms with Crippen molar-refractivity contribution in [3.8, 4) is 0 Å². The number of rotatable bonds is 6. The zero-order valence-electron chi connectivity index (χ0n) is 14.6. The van der Waals surface area contributed by atoms with Gasteiger partial charge in [0.05, 0.1) is 11.7 Å². The summed E-state index contributed by atoms with van der Waals surface area (Å²) in [5.41, 5.74) is 3.93. The third-order valence-corrected chi connectivity index (χ3v) is 4.79. The molecule has 2 unspecified atom stereocenters.